The van der Waals surface area contributed by atoms with Gasteiger partial charge in [0.2, 0.25) is 5.95 Å². The van der Waals surface area contributed by atoms with Gasteiger partial charge in [0.05, 0.1) is 6.04 Å². The van der Waals surface area contributed by atoms with Crippen molar-refractivity contribution in [2.45, 2.75) is 33.2 Å². The molecule has 1 unspecified atom stereocenters. The molecule has 0 saturated carbocycles. The monoisotopic (exact) mass is 414 g/mol. The maximum Gasteiger partial charge on any atom is 0.229 e. The van der Waals surface area contributed by atoms with Crippen molar-refractivity contribution in [3.05, 3.63) is 75.4 Å². The van der Waals surface area contributed by atoms with Crippen LogP contribution in [0.5, 0.6) is 0 Å². The molecule has 2 heterocycles. The summed E-state index contributed by atoms with van der Waals surface area (Å²) in [7, 11) is 0. The minimum atomic E-state index is -0.919. The molecule has 4 rings (SSSR count). The Kier molecular flexibility index (Phi) is 5.13. The highest BCUT2D eigenvalue weighted by Crippen LogP contribution is 2.37. The van der Waals surface area contributed by atoms with Crippen LogP contribution in [-0.2, 0) is 6.42 Å². The van der Waals surface area contributed by atoms with E-state index in [9.17, 15) is 8.78 Å². The lowest BCUT2D eigenvalue weighted by Gasteiger charge is -2.37. The number of hydrogen-bond donors (Lipinski definition) is 1. The molecule has 0 bridgehead atoms. The first kappa shape index (κ1) is 19.6. The van der Waals surface area contributed by atoms with E-state index in [1.54, 1.807) is 0 Å². The fourth-order valence-corrected chi connectivity index (χ4v) is 4.04. The Morgan fingerprint density at radius 1 is 1.10 bits per heavy atom. The Morgan fingerprint density at radius 2 is 1.90 bits per heavy atom. The van der Waals surface area contributed by atoms with Crippen molar-refractivity contribution >= 4 is 29.1 Å². The van der Waals surface area contributed by atoms with Gasteiger partial charge in [0.1, 0.15) is 5.82 Å². The number of aryl methyl sites for hydroxylation is 1. The summed E-state index contributed by atoms with van der Waals surface area (Å²) in [5, 5.41) is 3.78. The number of halogens is 3. The average molecular weight is 415 g/mol. The van der Waals surface area contributed by atoms with Gasteiger partial charge in [0.25, 0.3) is 0 Å². The number of nitrogens with one attached hydrogen (secondary N) is 1. The fraction of sp³-hybridized carbons (Fsp3) is 0.273. The third kappa shape index (κ3) is 3.65. The van der Waals surface area contributed by atoms with E-state index in [2.05, 4.69) is 28.2 Å². The maximum atomic E-state index is 13.5. The lowest BCUT2D eigenvalue weighted by atomic mass is 9.93. The molecule has 150 valence electrons. The third-order valence-electron chi connectivity index (χ3n) is 5.49. The predicted octanol–water partition coefficient (Wildman–Crippen LogP) is 5.89. The lowest BCUT2D eigenvalue weighted by molar-refractivity contribution is 0.509. The summed E-state index contributed by atoms with van der Waals surface area (Å²) in [6.07, 6.45) is 0.827. The van der Waals surface area contributed by atoms with E-state index >= 15 is 0 Å². The highest BCUT2D eigenvalue weighted by Gasteiger charge is 2.28. The zero-order valence-corrected chi connectivity index (χ0v) is 17.2. The lowest BCUT2D eigenvalue weighted by Crippen LogP contribution is -2.35. The standard InChI is InChI=1S/C22H21ClF2N4/c1-12-13(2)26-22(27-15-7-8-19(24)20(25)11-15)28-21(12)29-10-9-17-16(14(29)3)5-4-6-18(17)23/h4-8,11,14H,9-10H2,1-3H3,(H,26,27,28). The van der Waals surface area contributed by atoms with E-state index in [4.69, 9.17) is 16.6 Å². The van der Waals surface area contributed by atoms with Crippen molar-refractivity contribution in [3.63, 3.8) is 0 Å². The highest BCUT2D eigenvalue weighted by atomic mass is 35.5. The molecule has 1 N–H and O–H groups in total. The van der Waals surface area contributed by atoms with Crippen molar-refractivity contribution < 1.29 is 8.78 Å². The van der Waals surface area contributed by atoms with Crippen LogP contribution in [0.2, 0.25) is 5.02 Å². The summed E-state index contributed by atoms with van der Waals surface area (Å²) in [6, 6.07) is 9.71. The first-order valence-corrected chi connectivity index (χ1v) is 9.84. The van der Waals surface area contributed by atoms with Crippen LogP contribution in [0.1, 0.15) is 35.3 Å². The first-order valence-electron chi connectivity index (χ1n) is 9.46. The minimum Gasteiger partial charge on any atom is -0.349 e. The van der Waals surface area contributed by atoms with Crippen LogP contribution in [0, 0.1) is 25.5 Å². The van der Waals surface area contributed by atoms with E-state index in [1.165, 1.54) is 17.2 Å². The van der Waals surface area contributed by atoms with Gasteiger partial charge in [0, 0.05) is 34.6 Å². The second kappa shape index (κ2) is 7.59. The summed E-state index contributed by atoms with van der Waals surface area (Å²) >= 11 is 6.39. The zero-order valence-electron chi connectivity index (χ0n) is 16.4. The van der Waals surface area contributed by atoms with Gasteiger partial charge in [-0.3, -0.25) is 0 Å². The quantitative estimate of drug-likeness (QED) is 0.580. The number of benzene rings is 2. The van der Waals surface area contributed by atoms with Crippen molar-refractivity contribution in [2.75, 3.05) is 16.8 Å². The Bertz CT molecular complexity index is 1090. The highest BCUT2D eigenvalue weighted by molar-refractivity contribution is 6.31. The van der Waals surface area contributed by atoms with Crippen LogP contribution in [0.3, 0.4) is 0 Å². The van der Waals surface area contributed by atoms with Gasteiger partial charge in [-0.2, -0.15) is 4.98 Å². The molecule has 0 fully saturated rings. The van der Waals surface area contributed by atoms with Gasteiger partial charge in [0.15, 0.2) is 11.6 Å². The van der Waals surface area contributed by atoms with Gasteiger partial charge in [-0.15, -0.1) is 0 Å². The van der Waals surface area contributed by atoms with Gasteiger partial charge < -0.3 is 10.2 Å². The number of nitrogens with zero attached hydrogens (tertiary/aromatic N) is 3. The number of aromatic nitrogens is 2. The molecular formula is C22H21ClF2N4. The molecule has 0 radical (unpaired) electrons. The van der Waals surface area contributed by atoms with Crippen LogP contribution >= 0.6 is 11.6 Å². The van der Waals surface area contributed by atoms with Crippen molar-refractivity contribution in [3.8, 4) is 0 Å². The van der Waals surface area contributed by atoms with Gasteiger partial charge in [-0.1, -0.05) is 23.7 Å². The summed E-state index contributed by atoms with van der Waals surface area (Å²) < 4.78 is 26.7. The van der Waals surface area contributed by atoms with Crippen molar-refractivity contribution in [2.24, 2.45) is 0 Å². The molecule has 2 aromatic carbocycles. The normalized spacial score (nSPS) is 15.9. The SMILES string of the molecule is Cc1nc(Nc2ccc(F)c(F)c2)nc(N2CCc3c(Cl)cccc3C2C)c1C. The number of fused-ring (bicyclic) bond motifs is 1. The van der Waals surface area contributed by atoms with Gasteiger partial charge >= 0.3 is 0 Å². The second-order valence-electron chi connectivity index (χ2n) is 7.26. The molecule has 7 heteroatoms. The van der Waals surface area contributed by atoms with Crippen LogP contribution in [0.15, 0.2) is 36.4 Å². The third-order valence-corrected chi connectivity index (χ3v) is 5.84. The maximum absolute atomic E-state index is 13.5. The summed E-state index contributed by atoms with van der Waals surface area (Å²) in [4.78, 5) is 11.4. The van der Waals surface area contributed by atoms with Gasteiger partial charge in [-0.05, 0) is 56.5 Å². The van der Waals surface area contributed by atoms with E-state index in [0.29, 0.717) is 11.6 Å². The summed E-state index contributed by atoms with van der Waals surface area (Å²) in [6.45, 7) is 6.82. The van der Waals surface area contributed by atoms with Crippen molar-refractivity contribution in [1.29, 1.82) is 0 Å². The molecule has 0 saturated heterocycles. The Labute approximate surface area is 173 Å². The molecule has 0 aliphatic carbocycles. The molecule has 3 aromatic rings. The molecule has 4 nitrogen and oxygen atoms in total. The molecule has 0 amide bonds. The van der Waals surface area contributed by atoms with E-state index in [0.717, 1.165) is 47.2 Å². The summed E-state index contributed by atoms with van der Waals surface area (Å²) in [5.41, 5.74) is 4.57. The molecule has 0 spiro atoms. The predicted molar refractivity (Wildman–Crippen MR) is 112 cm³/mol. The smallest absolute Gasteiger partial charge is 0.229 e. The van der Waals surface area contributed by atoms with Gasteiger partial charge in [-0.25, -0.2) is 13.8 Å². The van der Waals surface area contributed by atoms with Crippen LogP contribution in [0.4, 0.5) is 26.2 Å². The molecule has 1 atom stereocenters. The Balaban J connectivity index is 1.70. The fourth-order valence-electron chi connectivity index (χ4n) is 3.77. The molecular weight excluding hydrogens is 394 g/mol. The average Bonchev–Trinajstić information content (AvgIpc) is 2.69. The summed E-state index contributed by atoms with van der Waals surface area (Å²) in [5.74, 6) is -0.646. The zero-order chi connectivity index (χ0) is 20.7. The van der Waals surface area contributed by atoms with E-state index in [1.807, 2.05) is 26.0 Å². The van der Waals surface area contributed by atoms with Crippen LogP contribution in [-0.4, -0.2) is 16.5 Å². The van der Waals surface area contributed by atoms with Crippen LogP contribution in [0.25, 0.3) is 0 Å². The van der Waals surface area contributed by atoms with Crippen molar-refractivity contribution in [1.82, 2.24) is 9.97 Å². The number of anilines is 3. The van der Waals surface area contributed by atoms with Crippen LogP contribution < -0.4 is 10.2 Å². The molecule has 1 aromatic heterocycles. The molecule has 1 aliphatic rings. The molecule has 29 heavy (non-hydrogen) atoms. The van der Waals surface area contributed by atoms with E-state index < -0.39 is 11.6 Å². The topological polar surface area (TPSA) is 41.1 Å². The minimum absolute atomic E-state index is 0.0987. The second-order valence-corrected chi connectivity index (χ2v) is 7.67. The molecule has 1 aliphatic heterocycles. The van der Waals surface area contributed by atoms with E-state index in [-0.39, 0.29) is 6.04 Å². The largest absolute Gasteiger partial charge is 0.349 e. The first-order chi connectivity index (χ1) is 13.8. The Morgan fingerprint density at radius 3 is 2.66 bits per heavy atom. The Hall–Kier alpha value is -2.73. The number of rotatable bonds is 3. The number of hydrogen-bond acceptors (Lipinski definition) is 4.